The Morgan fingerprint density at radius 2 is 1.32 bits per heavy atom. The molecule has 0 N–H and O–H groups in total. The minimum absolute atomic E-state index is 0. The van der Waals surface area contributed by atoms with Gasteiger partial charge in [0.05, 0.1) is 22.5 Å². The minimum Gasteiger partial charge on any atom is -0.748 e. The zero-order valence-electron chi connectivity index (χ0n) is 12.0. The first-order valence-corrected chi connectivity index (χ1v) is 7.87. The monoisotopic (exact) mass is 350 g/mol. The van der Waals surface area contributed by atoms with E-state index < -0.39 is 59.8 Å². The predicted octanol–water partition coefficient (Wildman–Crippen LogP) is -0.244. The fourth-order valence-corrected chi connectivity index (χ4v) is 2.21. The molecule has 5 unspecified atom stereocenters. The van der Waals surface area contributed by atoms with Crippen LogP contribution in [0.5, 0.6) is 0 Å². The molecule has 0 aromatic carbocycles. The average Bonchev–Trinajstić information content (AvgIpc) is 2.38. The van der Waals surface area contributed by atoms with Crippen LogP contribution in [0.2, 0.25) is 0 Å². The Hall–Kier alpha value is 0.0874. The van der Waals surface area contributed by atoms with Gasteiger partial charge in [-0.3, -0.25) is 4.39 Å². The number of alkyl halides is 6. The van der Waals surface area contributed by atoms with E-state index >= 15 is 0 Å². The summed E-state index contributed by atoms with van der Waals surface area (Å²) >= 11 is 0. The van der Waals surface area contributed by atoms with Crippen molar-refractivity contribution in [1.82, 2.24) is 0 Å². The van der Waals surface area contributed by atoms with E-state index in [1.807, 2.05) is 0 Å². The molecule has 0 saturated carbocycles. The fourth-order valence-electron chi connectivity index (χ4n) is 1.63. The molecule has 22 heavy (non-hydrogen) atoms. The second-order valence-corrected chi connectivity index (χ2v) is 6.08. The Kier molecular flexibility index (Phi) is 12.8. The van der Waals surface area contributed by atoms with Crippen LogP contribution in [0.25, 0.3) is 0 Å². The summed E-state index contributed by atoms with van der Waals surface area (Å²) in [5.41, 5.74) is 0. The van der Waals surface area contributed by atoms with Gasteiger partial charge in [0.1, 0.15) is 12.3 Å². The van der Waals surface area contributed by atoms with Crippen molar-refractivity contribution in [1.29, 1.82) is 0 Å². The first-order valence-electron chi connectivity index (χ1n) is 6.30. The van der Waals surface area contributed by atoms with Crippen molar-refractivity contribution in [2.24, 2.45) is 0 Å². The molecule has 0 aromatic rings. The molecule has 5 atom stereocenters. The summed E-state index contributed by atoms with van der Waals surface area (Å²) in [6.07, 6.45) is -15.0. The van der Waals surface area contributed by atoms with Gasteiger partial charge in [-0.15, -0.1) is 0 Å². The van der Waals surface area contributed by atoms with Crippen molar-refractivity contribution >= 4 is 10.1 Å². The zero-order chi connectivity index (χ0) is 16.6. The summed E-state index contributed by atoms with van der Waals surface area (Å²) in [4.78, 5) is 0. The average molecular weight is 350 g/mol. The molecular formula is C11H17F6LiO3S. The molecule has 0 bridgehead atoms. The third-order valence-corrected chi connectivity index (χ3v) is 3.50. The maximum Gasteiger partial charge on any atom is 1.00 e. The van der Waals surface area contributed by atoms with Gasteiger partial charge in [0.15, 0.2) is 18.5 Å². The Morgan fingerprint density at radius 3 is 1.77 bits per heavy atom. The number of unbranched alkanes of at least 4 members (excludes halogenated alkanes) is 2. The summed E-state index contributed by atoms with van der Waals surface area (Å²) in [6, 6.07) is 0. The predicted molar refractivity (Wildman–Crippen MR) is 63.5 cm³/mol. The van der Waals surface area contributed by atoms with E-state index in [1.165, 1.54) is 0 Å². The minimum atomic E-state index is -5.15. The van der Waals surface area contributed by atoms with Crippen LogP contribution in [0.4, 0.5) is 26.3 Å². The summed E-state index contributed by atoms with van der Waals surface area (Å²) in [7, 11) is -5.15. The third kappa shape index (κ3) is 9.97. The van der Waals surface area contributed by atoms with Crippen LogP contribution in [-0.4, -0.2) is 56.3 Å². The van der Waals surface area contributed by atoms with Crippen LogP contribution < -0.4 is 18.9 Å². The van der Waals surface area contributed by atoms with Crippen LogP contribution in [0.1, 0.15) is 25.7 Å². The van der Waals surface area contributed by atoms with E-state index in [-0.39, 0.29) is 38.1 Å². The molecule has 0 amide bonds. The molecule has 0 aromatic heterocycles. The molecule has 11 heteroatoms. The molecule has 0 spiro atoms. The number of hydrogen-bond acceptors (Lipinski definition) is 3. The zero-order valence-corrected chi connectivity index (χ0v) is 12.8. The Morgan fingerprint density at radius 1 is 0.818 bits per heavy atom. The van der Waals surface area contributed by atoms with Crippen LogP contribution in [0.15, 0.2) is 0 Å². The first-order chi connectivity index (χ1) is 9.60. The van der Waals surface area contributed by atoms with E-state index in [0.717, 1.165) is 0 Å². The van der Waals surface area contributed by atoms with Gasteiger partial charge < -0.3 is 4.55 Å². The van der Waals surface area contributed by atoms with Crippen molar-refractivity contribution < 1.29 is 58.2 Å². The van der Waals surface area contributed by atoms with Gasteiger partial charge in [-0.1, -0.05) is 12.8 Å². The molecule has 0 aliphatic heterocycles. The van der Waals surface area contributed by atoms with Gasteiger partial charge in [-0.05, 0) is 12.8 Å². The summed E-state index contributed by atoms with van der Waals surface area (Å²) in [6.45, 7) is -0.637. The second kappa shape index (κ2) is 11.6. The fraction of sp³-hybridized carbons (Fsp3) is 1.00. The molecular weight excluding hydrogens is 333 g/mol. The number of rotatable bonds is 11. The van der Waals surface area contributed by atoms with E-state index in [2.05, 4.69) is 0 Å². The van der Waals surface area contributed by atoms with Crippen LogP contribution >= 0.6 is 0 Å². The second-order valence-electron chi connectivity index (χ2n) is 4.63. The van der Waals surface area contributed by atoms with Crippen LogP contribution in [0.3, 0.4) is 0 Å². The van der Waals surface area contributed by atoms with Gasteiger partial charge in [-0.25, -0.2) is 30.4 Å². The van der Waals surface area contributed by atoms with Gasteiger partial charge in [0.2, 0.25) is 0 Å². The summed E-state index contributed by atoms with van der Waals surface area (Å²) < 4.78 is 108. The van der Waals surface area contributed by atoms with Gasteiger partial charge in [-0.2, -0.15) is 0 Å². The topological polar surface area (TPSA) is 57.2 Å². The molecule has 0 aliphatic rings. The third-order valence-electron chi connectivity index (χ3n) is 2.78. The smallest absolute Gasteiger partial charge is 0.748 e. The summed E-state index contributed by atoms with van der Waals surface area (Å²) in [5.74, 6) is -1.85. The molecule has 0 rings (SSSR count). The Bertz CT molecular complexity index is 386. The van der Waals surface area contributed by atoms with Gasteiger partial charge in [0.25, 0.3) is 0 Å². The summed E-state index contributed by atoms with van der Waals surface area (Å²) in [5, 5.41) is 0. The molecule has 3 nitrogen and oxygen atoms in total. The molecule has 0 heterocycles. The molecule has 0 radical (unpaired) electrons. The van der Waals surface area contributed by atoms with Gasteiger partial charge >= 0.3 is 18.9 Å². The Balaban J connectivity index is 0. The quantitative estimate of drug-likeness (QED) is 0.224. The first kappa shape index (κ1) is 24.3. The Labute approximate surface area is 137 Å². The number of hydrogen-bond donors (Lipinski definition) is 0. The van der Waals surface area contributed by atoms with E-state index in [4.69, 9.17) is 0 Å². The maximum atomic E-state index is 13.3. The molecule has 0 aliphatic carbocycles. The number of halogens is 6. The van der Waals surface area contributed by atoms with E-state index in [0.29, 0.717) is 0 Å². The van der Waals surface area contributed by atoms with Crippen molar-refractivity contribution in [3.05, 3.63) is 0 Å². The van der Waals surface area contributed by atoms with Gasteiger partial charge in [0, 0.05) is 0 Å². The van der Waals surface area contributed by atoms with Crippen LogP contribution in [0, 0.1) is 0 Å². The molecule has 0 fully saturated rings. The normalized spacial score (nSPS) is 18.9. The van der Waals surface area contributed by atoms with Crippen molar-refractivity contribution in [3.8, 4) is 0 Å². The maximum absolute atomic E-state index is 13.3. The standard InChI is InChI=1S/C11H18F6O3S.Li/c12-5-3-1-2-4-7(13)9(15)11(17)10(16)8(14)6-21(18,19)20;/h7-11H,1-6H2,(H,18,19,20);/q;+1/p-1. The van der Waals surface area contributed by atoms with E-state index in [1.54, 1.807) is 0 Å². The van der Waals surface area contributed by atoms with Crippen molar-refractivity contribution in [2.45, 2.75) is 56.5 Å². The molecule has 0 saturated heterocycles. The SMILES string of the molecule is O=S(=O)([O-])CC(F)C(F)C(F)C(F)C(F)CCCCCF.[Li+]. The van der Waals surface area contributed by atoms with Crippen molar-refractivity contribution in [3.63, 3.8) is 0 Å². The largest absolute Gasteiger partial charge is 1.00 e. The molecule has 128 valence electrons. The van der Waals surface area contributed by atoms with Crippen LogP contribution in [-0.2, 0) is 10.1 Å². The van der Waals surface area contributed by atoms with Crippen molar-refractivity contribution in [2.75, 3.05) is 12.4 Å². The van der Waals surface area contributed by atoms with E-state index in [9.17, 15) is 39.3 Å².